The van der Waals surface area contributed by atoms with Gasteiger partial charge in [0.2, 0.25) is 0 Å². The first-order chi connectivity index (χ1) is 8.62. The van der Waals surface area contributed by atoms with Crippen LogP contribution >= 0.6 is 12.9 Å². The molecule has 0 saturated carbocycles. The van der Waals surface area contributed by atoms with E-state index in [1.54, 1.807) is 0 Å². The third-order valence-electron chi connectivity index (χ3n) is 2.82. The first-order valence-corrected chi connectivity index (χ1v) is 8.54. The number of unbranched alkanes of at least 4 members (excludes halogenated alkanes) is 9. The summed E-state index contributed by atoms with van der Waals surface area (Å²) in [5.74, 6) is 0. The predicted molar refractivity (Wildman–Crippen MR) is 83.9 cm³/mol. The Bertz CT molecular complexity index is 271. The van der Waals surface area contributed by atoms with Gasteiger partial charge in [-0.15, -0.1) is 0 Å². The van der Waals surface area contributed by atoms with Crippen molar-refractivity contribution in [3.63, 3.8) is 0 Å². The van der Waals surface area contributed by atoms with Crippen LogP contribution in [0.2, 0.25) is 0 Å². The van der Waals surface area contributed by atoms with Crippen LogP contribution in [0.3, 0.4) is 0 Å². The van der Waals surface area contributed by atoms with E-state index in [0.29, 0.717) is 0 Å². The zero-order valence-electron chi connectivity index (χ0n) is 11.3. The summed E-state index contributed by atoms with van der Waals surface area (Å²) in [6.07, 6.45) is 12.0. The maximum atomic E-state index is 10.7. The summed E-state index contributed by atoms with van der Waals surface area (Å²) in [6, 6.07) is 0. The van der Waals surface area contributed by atoms with E-state index in [9.17, 15) is 8.42 Å². The summed E-state index contributed by atoms with van der Waals surface area (Å²) >= 11 is 3.19. The van der Waals surface area contributed by atoms with E-state index in [4.69, 9.17) is 0 Å². The minimum atomic E-state index is -3.87. The standard InChI is InChI=1S/C12H26O4S2.Na.H/c1-2-3-4-5-6-7-8-9-10-11-12-15-18(13,14)16-17;;/h17H,2-12H2,1H3;;. The van der Waals surface area contributed by atoms with Crippen LogP contribution in [-0.4, -0.2) is 44.6 Å². The number of rotatable bonds is 13. The summed E-state index contributed by atoms with van der Waals surface area (Å²) < 4.78 is 29.9. The Hall–Kier alpha value is 1.22. The van der Waals surface area contributed by atoms with Gasteiger partial charge in [-0.1, -0.05) is 64.7 Å². The fraction of sp³-hybridized carbons (Fsp3) is 1.00. The molecule has 0 aromatic rings. The van der Waals surface area contributed by atoms with Gasteiger partial charge in [0.1, 0.15) is 0 Å². The molecule has 0 aliphatic carbocycles. The van der Waals surface area contributed by atoms with Gasteiger partial charge in [-0.05, 0) is 19.3 Å². The van der Waals surface area contributed by atoms with Gasteiger partial charge in [-0.2, -0.15) is 12.0 Å². The van der Waals surface area contributed by atoms with E-state index < -0.39 is 10.4 Å². The summed E-state index contributed by atoms with van der Waals surface area (Å²) in [6.45, 7) is 2.40. The maximum absolute atomic E-state index is 10.7. The van der Waals surface area contributed by atoms with Crippen molar-refractivity contribution in [2.75, 3.05) is 6.61 Å². The SMILES string of the molecule is CCCCCCCCCCCCOS(=O)(=O)OS.[NaH]. The van der Waals surface area contributed by atoms with Crippen LogP contribution in [0.4, 0.5) is 0 Å². The van der Waals surface area contributed by atoms with Gasteiger partial charge in [0.05, 0.1) is 6.61 Å². The molecule has 0 unspecified atom stereocenters. The van der Waals surface area contributed by atoms with Gasteiger partial charge in [-0.25, -0.2) is 4.18 Å². The molecule has 0 atom stereocenters. The van der Waals surface area contributed by atoms with Crippen LogP contribution in [-0.2, 0) is 18.2 Å². The summed E-state index contributed by atoms with van der Waals surface area (Å²) in [4.78, 5) is 0. The molecule has 0 bridgehead atoms. The van der Waals surface area contributed by atoms with Crippen LogP contribution in [0.15, 0.2) is 0 Å². The van der Waals surface area contributed by atoms with E-state index in [1.165, 1.54) is 44.9 Å². The van der Waals surface area contributed by atoms with Gasteiger partial charge < -0.3 is 0 Å². The molecule has 0 heterocycles. The van der Waals surface area contributed by atoms with E-state index in [2.05, 4.69) is 27.6 Å². The molecule has 0 fully saturated rings. The molecule has 0 saturated heterocycles. The van der Waals surface area contributed by atoms with Crippen molar-refractivity contribution in [3.05, 3.63) is 0 Å². The van der Waals surface area contributed by atoms with Gasteiger partial charge in [-0.3, -0.25) is 0 Å². The van der Waals surface area contributed by atoms with E-state index in [1.807, 2.05) is 0 Å². The molecule has 0 aromatic heterocycles. The summed E-state index contributed by atoms with van der Waals surface area (Å²) in [5, 5.41) is 0. The van der Waals surface area contributed by atoms with Crippen molar-refractivity contribution < 1.29 is 16.2 Å². The Balaban J connectivity index is 0. The molecule has 19 heavy (non-hydrogen) atoms. The van der Waals surface area contributed by atoms with Gasteiger partial charge >= 0.3 is 40.0 Å². The fourth-order valence-corrected chi connectivity index (χ4v) is 2.27. The van der Waals surface area contributed by atoms with E-state index in [0.717, 1.165) is 19.3 Å². The quantitative estimate of drug-likeness (QED) is 0.244. The molecular formula is C12H27NaO4S2. The zero-order chi connectivity index (χ0) is 13.7. The number of hydrogen-bond acceptors (Lipinski definition) is 5. The van der Waals surface area contributed by atoms with Crippen molar-refractivity contribution in [2.24, 2.45) is 0 Å². The third-order valence-corrected chi connectivity index (χ3v) is 4.00. The van der Waals surface area contributed by atoms with Crippen molar-refractivity contribution >= 4 is 52.9 Å². The average molecular weight is 322 g/mol. The van der Waals surface area contributed by atoms with Crippen LogP contribution < -0.4 is 0 Å². The average Bonchev–Trinajstić information content (AvgIpc) is 2.36. The fourth-order valence-electron chi connectivity index (χ4n) is 1.77. The number of hydrogen-bond donors (Lipinski definition) is 1. The molecule has 0 aliphatic rings. The molecular weight excluding hydrogens is 295 g/mol. The van der Waals surface area contributed by atoms with E-state index >= 15 is 0 Å². The van der Waals surface area contributed by atoms with Crippen molar-refractivity contribution in [2.45, 2.75) is 71.1 Å². The topological polar surface area (TPSA) is 52.6 Å². The third kappa shape index (κ3) is 17.2. The molecule has 4 nitrogen and oxygen atoms in total. The first kappa shape index (κ1) is 22.5. The van der Waals surface area contributed by atoms with Crippen LogP contribution in [0.25, 0.3) is 0 Å². The second-order valence-corrected chi connectivity index (χ2v) is 6.14. The molecule has 0 radical (unpaired) electrons. The van der Waals surface area contributed by atoms with E-state index in [-0.39, 0.29) is 36.2 Å². The second-order valence-electron chi connectivity index (χ2n) is 4.49. The molecule has 0 aromatic carbocycles. The van der Waals surface area contributed by atoms with Crippen molar-refractivity contribution in [1.29, 1.82) is 0 Å². The summed E-state index contributed by atoms with van der Waals surface area (Å²) in [7, 11) is -3.87. The molecule has 0 N–H and O–H groups in total. The van der Waals surface area contributed by atoms with Crippen LogP contribution in [0, 0.1) is 0 Å². The summed E-state index contributed by atoms with van der Waals surface area (Å²) in [5.41, 5.74) is 0. The Morgan fingerprint density at radius 1 is 0.842 bits per heavy atom. The molecule has 0 amide bonds. The Morgan fingerprint density at radius 2 is 1.26 bits per heavy atom. The Kier molecular flexibility index (Phi) is 18.5. The van der Waals surface area contributed by atoms with Gasteiger partial charge in [0, 0.05) is 0 Å². The van der Waals surface area contributed by atoms with Gasteiger partial charge in [0.15, 0.2) is 0 Å². The normalized spacial score (nSPS) is 11.3. The monoisotopic (exact) mass is 322 g/mol. The first-order valence-electron chi connectivity index (χ1n) is 6.85. The molecule has 7 heteroatoms. The minimum absolute atomic E-state index is 0. The number of thiol groups is 1. The van der Waals surface area contributed by atoms with Gasteiger partial charge in [0.25, 0.3) is 0 Å². The Labute approximate surface area is 146 Å². The molecule has 112 valence electrons. The van der Waals surface area contributed by atoms with Crippen LogP contribution in [0.5, 0.6) is 0 Å². The Morgan fingerprint density at radius 3 is 1.68 bits per heavy atom. The molecule has 0 aliphatic heterocycles. The molecule has 0 rings (SSSR count). The second kappa shape index (κ2) is 15.6. The predicted octanol–water partition coefficient (Wildman–Crippen LogP) is 3.38. The van der Waals surface area contributed by atoms with Crippen LogP contribution in [0.1, 0.15) is 71.1 Å². The van der Waals surface area contributed by atoms with Crippen molar-refractivity contribution in [1.82, 2.24) is 0 Å². The zero-order valence-corrected chi connectivity index (χ0v) is 13.0. The van der Waals surface area contributed by atoms with Crippen molar-refractivity contribution in [3.8, 4) is 0 Å². The molecule has 0 spiro atoms.